The first-order valence-corrected chi connectivity index (χ1v) is 4.47. The summed E-state index contributed by atoms with van der Waals surface area (Å²) in [5.41, 5.74) is 0. The highest BCUT2D eigenvalue weighted by Gasteiger charge is 2.01. The molecule has 0 aliphatic heterocycles. The maximum atomic E-state index is 10.8. The van der Waals surface area contributed by atoms with Gasteiger partial charge in [-0.25, -0.2) is 0 Å². The van der Waals surface area contributed by atoms with Crippen LogP contribution in [0.15, 0.2) is 17.5 Å². The molecule has 0 bridgehead atoms. The van der Waals surface area contributed by atoms with Crippen LogP contribution in [-0.2, 0) is 0 Å². The first-order chi connectivity index (χ1) is 4.34. The van der Waals surface area contributed by atoms with Crippen molar-refractivity contribution in [2.45, 2.75) is 0 Å². The first-order valence-electron chi connectivity index (χ1n) is 2.47. The molecule has 0 fully saturated rings. The number of carbonyl (C=O) groups is 1. The summed E-state index contributed by atoms with van der Waals surface area (Å²) in [5.74, 6) is 0.157. The molecule has 0 radical (unpaired) electrons. The van der Waals surface area contributed by atoms with Gasteiger partial charge in [-0.1, -0.05) is 22.0 Å². The number of Topliss-reactive ketones (excluding diaryl/α,β-unsaturated/α-hetero) is 1. The van der Waals surface area contributed by atoms with Crippen molar-refractivity contribution in [2.24, 2.45) is 0 Å². The molecule has 0 N–H and O–H groups in total. The van der Waals surface area contributed by atoms with E-state index in [1.54, 1.807) is 0 Å². The zero-order valence-corrected chi connectivity index (χ0v) is 9.16. The van der Waals surface area contributed by atoms with Crippen molar-refractivity contribution in [3.8, 4) is 0 Å². The second-order valence-electron chi connectivity index (χ2n) is 1.53. The molecule has 0 aliphatic carbocycles. The molecular formula is C6H6Br2OS. The highest BCUT2D eigenvalue weighted by Crippen LogP contribution is 2.09. The van der Waals surface area contributed by atoms with Gasteiger partial charge in [0, 0.05) is 0 Å². The summed E-state index contributed by atoms with van der Waals surface area (Å²) in [6.45, 7) is 0. The van der Waals surface area contributed by atoms with Gasteiger partial charge in [-0.2, -0.15) is 0 Å². The van der Waals surface area contributed by atoms with Crippen LogP contribution in [0.1, 0.15) is 9.67 Å². The molecule has 0 aromatic carbocycles. The second kappa shape index (κ2) is 5.04. The number of halogens is 2. The summed E-state index contributed by atoms with van der Waals surface area (Å²) in [4.78, 5) is 11.7. The van der Waals surface area contributed by atoms with E-state index in [9.17, 15) is 4.79 Å². The Labute approximate surface area is 82.3 Å². The predicted octanol–water partition coefficient (Wildman–Crippen LogP) is 2.90. The summed E-state index contributed by atoms with van der Waals surface area (Å²) < 4.78 is 0. The molecule has 1 aromatic rings. The molecular weight excluding hydrogens is 280 g/mol. The molecule has 0 spiro atoms. The van der Waals surface area contributed by atoms with Crippen molar-refractivity contribution in [3.05, 3.63) is 22.4 Å². The lowest BCUT2D eigenvalue weighted by molar-refractivity contribution is 0.102. The Bertz CT molecular complexity index is 196. The van der Waals surface area contributed by atoms with Gasteiger partial charge in [0.05, 0.1) is 10.2 Å². The Morgan fingerprint density at radius 1 is 1.70 bits per heavy atom. The maximum Gasteiger partial charge on any atom is 0.183 e. The van der Waals surface area contributed by atoms with E-state index in [0.29, 0.717) is 5.33 Å². The van der Waals surface area contributed by atoms with Crippen LogP contribution in [0.4, 0.5) is 0 Å². The number of ketones is 1. The lowest BCUT2D eigenvalue weighted by atomic mass is 10.4. The van der Waals surface area contributed by atoms with Gasteiger partial charge in [0.2, 0.25) is 0 Å². The third-order valence-electron chi connectivity index (χ3n) is 0.917. The molecule has 4 heteroatoms. The minimum Gasteiger partial charge on any atom is -0.292 e. The summed E-state index contributed by atoms with van der Waals surface area (Å²) in [5, 5.41) is 2.32. The normalized spacial score (nSPS) is 8.50. The van der Waals surface area contributed by atoms with Crippen LogP contribution in [-0.4, -0.2) is 11.1 Å². The zero-order chi connectivity index (χ0) is 6.69. The van der Waals surface area contributed by atoms with E-state index in [4.69, 9.17) is 0 Å². The largest absolute Gasteiger partial charge is 0.292 e. The molecule has 1 heterocycles. The smallest absolute Gasteiger partial charge is 0.183 e. The fourth-order valence-corrected chi connectivity index (χ4v) is 1.66. The van der Waals surface area contributed by atoms with Gasteiger partial charge in [0.1, 0.15) is 0 Å². The highest BCUT2D eigenvalue weighted by molar-refractivity contribution is 9.09. The molecule has 0 unspecified atom stereocenters. The Hall–Kier alpha value is 0.330. The molecule has 1 rings (SSSR count). The Kier molecular flexibility index (Phi) is 5.21. The first kappa shape index (κ1) is 10.3. The lowest BCUT2D eigenvalue weighted by Crippen LogP contribution is -1.94. The maximum absolute atomic E-state index is 10.8. The molecule has 0 saturated heterocycles. The minimum absolute atomic E-state index is 0. The van der Waals surface area contributed by atoms with E-state index in [1.807, 2.05) is 17.5 Å². The Morgan fingerprint density at radius 2 is 2.40 bits per heavy atom. The van der Waals surface area contributed by atoms with Gasteiger partial charge < -0.3 is 0 Å². The molecule has 56 valence electrons. The molecule has 1 aromatic heterocycles. The monoisotopic (exact) mass is 284 g/mol. The van der Waals surface area contributed by atoms with Crippen molar-refractivity contribution in [2.75, 3.05) is 5.33 Å². The van der Waals surface area contributed by atoms with E-state index in [1.165, 1.54) is 11.3 Å². The van der Waals surface area contributed by atoms with Gasteiger partial charge in [0.25, 0.3) is 0 Å². The van der Waals surface area contributed by atoms with Gasteiger partial charge in [-0.05, 0) is 11.4 Å². The summed E-state index contributed by atoms with van der Waals surface area (Å²) in [6.07, 6.45) is 0. The van der Waals surface area contributed by atoms with Crippen molar-refractivity contribution in [1.82, 2.24) is 0 Å². The van der Waals surface area contributed by atoms with E-state index < -0.39 is 0 Å². The number of thiophene rings is 1. The van der Waals surface area contributed by atoms with Crippen LogP contribution in [0.2, 0.25) is 0 Å². The van der Waals surface area contributed by atoms with Crippen LogP contribution in [0, 0.1) is 0 Å². The van der Waals surface area contributed by atoms with Gasteiger partial charge in [0.15, 0.2) is 5.78 Å². The quantitative estimate of drug-likeness (QED) is 0.603. The summed E-state index contributed by atoms with van der Waals surface area (Å²) in [6, 6.07) is 3.70. The van der Waals surface area contributed by atoms with Gasteiger partial charge in [-0.15, -0.1) is 28.3 Å². The van der Waals surface area contributed by atoms with Crippen LogP contribution < -0.4 is 0 Å². The third kappa shape index (κ3) is 2.52. The van der Waals surface area contributed by atoms with Crippen LogP contribution >= 0.6 is 44.2 Å². The van der Waals surface area contributed by atoms with E-state index in [0.717, 1.165) is 4.88 Å². The molecule has 0 aliphatic rings. The van der Waals surface area contributed by atoms with Crippen molar-refractivity contribution in [3.63, 3.8) is 0 Å². The number of carbonyl (C=O) groups excluding carboxylic acids is 1. The zero-order valence-electron chi connectivity index (χ0n) is 5.04. The van der Waals surface area contributed by atoms with Crippen LogP contribution in [0.5, 0.6) is 0 Å². The average Bonchev–Trinajstić information content (AvgIpc) is 2.37. The van der Waals surface area contributed by atoms with Gasteiger partial charge >= 0.3 is 0 Å². The second-order valence-corrected chi connectivity index (χ2v) is 3.04. The fraction of sp³-hybridized carbons (Fsp3) is 0.167. The number of rotatable bonds is 2. The number of hydrogen-bond donors (Lipinski definition) is 0. The topological polar surface area (TPSA) is 17.1 Å². The number of alkyl halides is 1. The van der Waals surface area contributed by atoms with E-state index in [-0.39, 0.29) is 22.8 Å². The van der Waals surface area contributed by atoms with Crippen molar-refractivity contribution >= 4 is 50.0 Å². The molecule has 0 atom stereocenters. The van der Waals surface area contributed by atoms with Gasteiger partial charge in [-0.3, -0.25) is 4.79 Å². The van der Waals surface area contributed by atoms with E-state index >= 15 is 0 Å². The summed E-state index contributed by atoms with van der Waals surface area (Å²) >= 11 is 4.57. The molecule has 1 nitrogen and oxygen atoms in total. The van der Waals surface area contributed by atoms with Crippen LogP contribution in [0.3, 0.4) is 0 Å². The van der Waals surface area contributed by atoms with Crippen molar-refractivity contribution < 1.29 is 4.79 Å². The van der Waals surface area contributed by atoms with E-state index in [2.05, 4.69) is 15.9 Å². The highest BCUT2D eigenvalue weighted by atomic mass is 79.9. The SMILES string of the molecule is Br.O=C(CBr)c1cccs1. The number of hydrogen-bond acceptors (Lipinski definition) is 2. The minimum atomic E-state index is 0. The van der Waals surface area contributed by atoms with Crippen molar-refractivity contribution in [1.29, 1.82) is 0 Å². The summed E-state index contributed by atoms with van der Waals surface area (Å²) in [7, 11) is 0. The molecule has 10 heavy (non-hydrogen) atoms. The predicted molar refractivity (Wildman–Crippen MR) is 52.8 cm³/mol. The Balaban J connectivity index is 0.000000810. The average molecular weight is 286 g/mol. The molecule has 0 amide bonds. The third-order valence-corrected chi connectivity index (χ3v) is 2.34. The fourth-order valence-electron chi connectivity index (χ4n) is 0.503. The molecule has 0 saturated carbocycles. The van der Waals surface area contributed by atoms with Crippen LogP contribution in [0.25, 0.3) is 0 Å². The standard InChI is InChI=1S/C6H5BrOS.BrH/c7-4-5(8)6-2-1-3-9-6;/h1-3H,4H2;1H. The Morgan fingerprint density at radius 3 is 2.80 bits per heavy atom. The lowest BCUT2D eigenvalue weighted by Gasteiger charge is -1.85.